The number of thioether (sulfide) groups is 2. The Balaban J connectivity index is 1.35. The van der Waals surface area contributed by atoms with Gasteiger partial charge in [-0.2, -0.15) is 0 Å². The molecule has 0 saturated carbocycles. The molecule has 11 heteroatoms. The van der Waals surface area contributed by atoms with E-state index in [-0.39, 0.29) is 27.7 Å². The number of rotatable bonds is 16. The van der Waals surface area contributed by atoms with Crippen molar-refractivity contribution in [3.05, 3.63) is 72.7 Å². The van der Waals surface area contributed by atoms with E-state index in [9.17, 15) is 14.7 Å². The van der Waals surface area contributed by atoms with E-state index in [0.29, 0.717) is 25.0 Å². The first-order valence-corrected chi connectivity index (χ1v) is 22.0. The monoisotopic (exact) mass is 777 g/mol. The third-order valence-electron chi connectivity index (χ3n) is 9.90. The van der Waals surface area contributed by atoms with E-state index < -0.39 is 0 Å². The first-order valence-electron chi connectivity index (χ1n) is 17.1. The minimum absolute atomic E-state index is 0.0131. The zero-order valence-corrected chi connectivity index (χ0v) is 34.3. The van der Waals surface area contributed by atoms with Crippen molar-refractivity contribution < 1.29 is 19.4 Å². The average molecular weight is 778 g/mol. The summed E-state index contributed by atoms with van der Waals surface area (Å²) in [5.41, 5.74) is 3.63. The van der Waals surface area contributed by atoms with Gasteiger partial charge in [0.2, 0.25) is 0 Å². The fourth-order valence-corrected chi connectivity index (χ4v) is 14.6. The Labute approximate surface area is 321 Å². The van der Waals surface area contributed by atoms with Crippen LogP contribution in [0.4, 0.5) is 0 Å². The molecule has 50 heavy (non-hydrogen) atoms. The van der Waals surface area contributed by atoms with Crippen LogP contribution < -0.4 is 0 Å². The first kappa shape index (κ1) is 37.8. The molecule has 0 aromatic carbocycles. The van der Waals surface area contributed by atoms with Gasteiger partial charge in [-0.1, -0.05) is 48.0 Å². The Bertz CT molecular complexity index is 2000. The molecule has 0 unspecified atom stereocenters. The molecule has 0 spiro atoms. The Kier molecular flexibility index (Phi) is 11.7. The minimum atomic E-state index is -0.284. The van der Waals surface area contributed by atoms with E-state index in [1.165, 1.54) is 59.6 Å². The molecule has 0 bridgehead atoms. The SMILES string of the molecule is [B]=COCCc1cc(C2=C3SC(=O)C(C(C)(C)CCC)=C3SC2=O)sc1-c1ccc(-c2ccc(-c3sc(C(C)(CC)CC)cc3CCO)s2)s1. The van der Waals surface area contributed by atoms with Gasteiger partial charge < -0.3 is 5.11 Å². The topological polar surface area (TPSA) is 63.6 Å². The molecule has 4 aromatic heterocycles. The molecule has 0 atom stereocenters. The van der Waals surface area contributed by atoms with Crippen LogP contribution in [0, 0.1) is 5.41 Å². The Hall–Kier alpha value is -1.99. The second kappa shape index (κ2) is 15.5. The summed E-state index contributed by atoms with van der Waals surface area (Å²) >= 11 is 9.50. The van der Waals surface area contributed by atoms with Crippen LogP contribution in [0.5, 0.6) is 0 Å². The summed E-state index contributed by atoms with van der Waals surface area (Å²) < 4.78 is 5.43. The molecule has 6 rings (SSSR count). The van der Waals surface area contributed by atoms with Gasteiger partial charge in [-0.05, 0) is 37.3 Å². The van der Waals surface area contributed by atoms with E-state index in [4.69, 9.17) is 12.2 Å². The second-order valence-electron chi connectivity index (χ2n) is 13.6. The van der Waals surface area contributed by atoms with Crippen LogP contribution in [0.2, 0.25) is 0 Å². The molecule has 0 fully saturated rings. The van der Waals surface area contributed by atoms with Gasteiger partial charge in [0.05, 0.1) is 0 Å². The number of aliphatic hydroxyl groups excluding tert-OH is 1. The van der Waals surface area contributed by atoms with Crippen LogP contribution in [0.1, 0.15) is 88.1 Å². The van der Waals surface area contributed by atoms with E-state index in [2.05, 4.69) is 77.9 Å². The van der Waals surface area contributed by atoms with Crippen LogP contribution >= 0.6 is 68.9 Å². The van der Waals surface area contributed by atoms with Crippen LogP contribution in [0.25, 0.3) is 34.8 Å². The third-order valence-corrected chi connectivity index (χ3v) is 17.4. The molecule has 2 aliphatic heterocycles. The number of fused-ring (bicyclic) bond motifs is 1. The van der Waals surface area contributed by atoms with Crippen LogP contribution in [-0.2, 0) is 32.6 Å². The zero-order chi connectivity index (χ0) is 35.8. The van der Waals surface area contributed by atoms with Gasteiger partial charge in [-0.3, -0.25) is 0 Å². The van der Waals surface area contributed by atoms with Crippen molar-refractivity contribution in [2.75, 3.05) is 13.2 Å². The van der Waals surface area contributed by atoms with Crippen LogP contribution in [-0.4, -0.2) is 42.2 Å². The molecule has 1 N–H and O–H groups in total. The van der Waals surface area contributed by atoms with Gasteiger partial charge in [0, 0.05) is 21.8 Å². The predicted octanol–water partition coefficient (Wildman–Crippen LogP) is 11.4. The summed E-state index contributed by atoms with van der Waals surface area (Å²) in [6.07, 6.45) is 6.54. The Morgan fingerprint density at radius 2 is 1.36 bits per heavy atom. The summed E-state index contributed by atoms with van der Waals surface area (Å²) in [5, 5.41) is 9.94. The molecule has 1 radical (unpaired) electrons. The van der Waals surface area contributed by atoms with Gasteiger partial charge in [-0.15, -0.1) is 11.3 Å². The summed E-state index contributed by atoms with van der Waals surface area (Å²) in [7, 11) is 5.53. The van der Waals surface area contributed by atoms with Gasteiger partial charge in [0.1, 0.15) is 0 Å². The molecule has 6 heterocycles. The van der Waals surface area contributed by atoms with Crippen molar-refractivity contribution >= 4 is 98.3 Å². The van der Waals surface area contributed by atoms with Crippen molar-refractivity contribution in [1.82, 2.24) is 0 Å². The van der Waals surface area contributed by atoms with Crippen molar-refractivity contribution in [3.8, 4) is 29.3 Å². The number of aliphatic hydroxyl groups is 1. The number of hydrogen-bond donors (Lipinski definition) is 1. The normalized spacial score (nSPS) is 15.2. The van der Waals surface area contributed by atoms with Crippen molar-refractivity contribution in [2.24, 2.45) is 5.41 Å². The van der Waals surface area contributed by atoms with Gasteiger partial charge in [-0.25, -0.2) is 0 Å². The maximum absolute atomic E-state index is 13.6. The van der Waals surface area contributed by atoms with E-state index >= 15 is 0 Å². The number of hydrogen-bond acceptors (Lipinski definition) is 10. The Morgan fingerprint density at radius 1 is 0.760 bits per heavy atom. The Morgan fingerprint density at radius 3 is 1.96 bits per heavy atom. The molecule has 4 aromatic rings. The van der Waals surface area contributed by atoms with Crippen molar-refractivity contribution in [2.45, 2.75) is 85.5 Å². The standard InChI is InChI=1S/C39H42BO4S6/c1-7-16-38(4,5)31-35-34(49-37(31)43)30(36(42)50-35)28-19-23(15-18-44-21-40)32(47-28)26-12-10-24(45-26)25-11-13-27(46-25)33-22(14-17-41)20-29(48-33)39(6,8-2)9-3/h10-13,19-21,41H,7-9,14-18H2,1-6H3. The number of ether oxygens (including phenoxy) is 1. The van der Waals surface area contributed by atoms with Crippen molar-refractivity contribution in [1.29, 1.82) is 0 Å². The van der Waals surface area contributed by atoms with Gasteiger partial charge in [0.25, 0.3) is 0 Å². The van der Waals surface area contributed by atoms with Crippen LogP contribution in [0.15, 0.2) is 51.8 Å². The summed E-state index contributed by atoms with van der Waals surface area (Å²) in [4.78, 5) is 38.1. The van der Waals surface area contributed by atoms with Gasteiger partial charge in [0.15, 0.2) is 0 Å². The summed E-state index contributed by atoms with van der Waals surface area (Å²) in [5.74, 6) is 0. The second-order valence-corrected chi connectivity index (χ2v) is 19.8. The number of thiophene rings is 4. The van der Waals surface area contributed by atoms with Crippen molar-refractivity contribution in [3.63, 3.8) is 0 Å². The molecular formula is C39H42BO4S6. The van der Waals surface area contributed by atoms with E-state index in [1.807, 2.05) is 11.3 Å². The fourth-order valence-electron chi connectivity index (χ4n) is 6.65. The molecule has 0 aliphatic carbocycles. The van der Waals surface area contributed by atoms with Crippen LogP contribution in [0.3, 0.4) is 0 Å². The predicted molar refractivity (Wildman–Crippen MR) is 222 cm³/mol. The maximum atomic E-state index is 13.6. The molecule has 0 amide bonds. The zero-order valence-electron chi connectivity index (χ0n) is 29.4. The number of carbonyl (C=O) groups is 2. The molecule has 0 saturated heterocycles. The molecular weight excluding hydrogens is 736 g/mol. The van der Waals surface area contributed by atoms with E-state index in [1.54, 1.807) is 34.0 Å². The first-order chi connectivity index (χ1) is 24.0. The summed E-state index contributed by atoms with van der Waals surface area (Å²) in [6.45, 7) is 13.8. The average Bonchev–Trinajstić information content (AvgIpc) is 3.92. The fraction of sp³-hybridized carbons (Fsp3) is 0.410. The quantitative estimate of drug-likeness (QED) is 0.0903. The third kappa shape index (κ3) is 7.17. The molecule has 2 aliphatic rings. The molecule has 261 valence electrons. The number of carbonyl (C=O) groups excluding carboxylic acids is 2. The molecule has 4 nitrogen and oxygen atoms in total. The van der Waals surface area contributed by atoms with Gasteiger partial charge >= 0.3 is 200 Å². The summed E-state index contributed by atoms with van der Waals surface area (Å²) in [6, 6.07) is 13.2. The van der Waals surface area contributed by atoms with E-state index in [0.717, 1.165) is 61.3 Å².